The van der Waals surface area contributed by atoms with Gasteiger partial charge in [0.15, 0.2) is 0 Å². The number of hydrogen-bond acceptors (Lipinski definition) is 3. The second kappa shape index (κ2) is 5.39. The Hall–Kier alpha value is -0.900. The van der Waals surface area contributed by atoms with Crippen molar-refractivity contribution < 1.29 is 4.74 Å². The van der Waals surface area contributed by atoms with E-state index in [9.17, 15) is 0 Å². The van der Waals surface area contributed by atoms with Crippen molar-refractivity contribution >= 4 is 0 Å². The Labute approximate surface area is 110 Å². The first-order valence-electron chi connectivity index (χ1n) is 6.66. The largest absolute Gasteiger partial charge is 0.374 e. The Morgan fingerprint density at radius 2 is 2.00 bits per heavy atom. The van der Waals surface area contributed by atoms with Crippen LogP contribution in [0.5, 0.6) is 0 Å². The molecule has 0 radical (unpaired) electrons. The van der Waals surface area contributed by atoms with Crippen LogP contribution in [0.1, 0.15) is 38.7 Å². The highest BCUT2D eigenvalue weighted by Crippen LogP contribution is 2.49. The normalized spacial score (nSPS) is 24.9. The lowest BCUT2D eigenvalue weighted by molar-refractivity contribution is -0.0174. The van der Waals surface area contributed by atoms with Crippen molar-refractivity contribution in [1.82, 2.24) is 5.43 Å². The molecule has 1 aliphatic rings. The van der Waals surface area contributed by atoms with E-state index < -0.39 is 0 Å². The van der Waals surface area contributed by atoms with E-state index in [0.29, 0.717) is 18.4 Å². The lowest BCUT2D eigenvalue weighted by atomic mass is 10.1. The molecule has 0 amide bonds. The molecule has 3 unspecified atom stereocenters. The van der Waals surface area contributed by atoms with Crippen LogP contribution in [0.4, 0.5) is 0 Å². The summed E-state index contributed by atoms with van der Waals surface area (Å²) in [6.45, 7) is 6.89. The van der Waals surface area contributed by atoms with Crippen LogP contribution < -0.4 is 11.3 Å². The Bertz CT molecular complexity index is 372. The van der Waals surface area contributed by atoms with Gasteiger partial charge in [-0.05, 0) is 44.6 Å². The van der Waals surface area contributed by atoms with E-state index >= 15 is 0 Å². The van der Waals surface area contributed by atoms with E-state index in [1.807, 2.05) is 0 Å². The van der Waals surface area contributed by atoms with Gasteiger partial charge in [-0.3, -0.25) is 11.3 Å². The molecule has 0 aliphatic heterocycles. The summed E-state index contributed by atoms with van der Waals surface area (Å²) < 4.78 is 5.83. The maximum atomic E-state index is 5.83. The number of hydrogen-bond donors (Lipinski definition) is 2. The molecule has 0 spiro atoms. The maximum absolute atomic E-state index is 5.83. The van der Waals surface area contributed by atoms with Crippen molar-refractivity contribution in [2.75, 3.05) is 6.61 Å². The third kappa shape index (κ3) is 3.55. The second-order valence-corrected chi connectivity index (χ2v) is 6.11. The predicted octanol–water partition coefficient (Wildman–Crippen LogP) is 2.44. The molecular formula is C15H24N2O. The molecule has 0 aromatic heterocycles. The van der Waals surface area contributed by atoms with Crippen LogP contribution in [0.3, 0.4) is 0 Å². The highest BCUT2D eigenvalue weighted by Gasteiger charge is 2.43. The summed E-state index contributed by atoms with van der Waals surface area (Å²) in [4.78, 5) is 0. The van der Waals surface area contributed by atoms with Crippen LogP contribution in [0, 0.1) is 5.92 Å². The molecule has 1 fully saturated rings. The lowest BCUT2D eigenvalue weighted by Gasteiger charge is -2.24. The summed E-state index contributed by atoms with van der Waals surface area (Å²) in [5.41, 5.74) is 4.22. The van der Waals surface area contributed by atoms with E-state index in [1.54, 1.807) is 0 Å². The summed E-state index contributed by atoms with van der Waals surface area (Å²) in [5.74, 6) is 6.89. The molecule has 1 saturated carbocycles. The lowest BCUT2D eigenvalue weighted by Crippen LogP contribution is -2.42. The summed E-state index contributed by atoms with van der Waals surface area (Å²) in [5, 5.41) is 0. The minimum absolute atomic E-state index is 0.105. The van der Waals surface area contributed by atoms with Crippen molar-refractivity contribution in [3.63, 3.8) is 0 Å². The number of ether oxygens (including phenoxy) is 1. The van der Waals surface area contributed by atoms with Crippen molar-refractivity contribution in [3.8, 4) is 0 Å². The van der Waals surface area contributed by atoms with Gasteiger partial charge in [-0.1, -0.05) is 30.3 Å². The molecule has 3 nitrogen and oxygen atoms in total. The molecule has 3 atom stereocenters. The van der Waals surface area contributed by atoms with Crippen LogP contribution in [0.2, 0.25) is 0 Å². The first-order valence-corrected chi connectivity index (χ1v) is 6.66. The molecule has 1 aliphatic carbocycles. The van der Waals surface area contributed by atoms with E-state index in [0.717, 1.165) is 0 Å². The third-order valence-electron chi connectivity index (χ3n) is 3.49. The molecule has 18 heavy (non-hydrogen) atoms. The smallest absolute Gasteiger partial charge is 0.0643 e. The average Bonchev–Trinajstić information content (AvgIpc) is 3.10. The topological polar surface area (TPSA) is 47.3 Å². The monoisotopic (exact) mass is 248 g/mol. The van der Waals surface area contributed by atoms with Gasteiger partial charge in [-0.2, -0.15) is 0 Å². The van der Waals surface area contributed by atoms with Gasteiger partial charge in [-0.25, -0.2) is 0 Å². The predicted molar refractivity (Wildman–Crippen MR) is 74.1 cm³/mol. The zero-order chi connectivity index (χ0) is 13.2. The van der Waals surface area contributed by atoms with Crippen LogP contribution in [-0.4, -0.2) is 18.2 Å². The van der Waals surface area contributed by atoms with Crippen molar-refractivity contribution in [2.24, 2.45) is 11.8 Å². The summed E-state index contributed by atoms with van der Waals surface area (Å²) in [7, 11) is 0. The number of benzene rings is 1. The molecule has 1 aromatic carbocycles. The maximum Gasteiger partial charge on any atom is 0.0643 e. The molecule has 3 heteroatoms. The van der Waals surface area contributed by atoms with E-state index in [2.05, 4.69) is 56.5 Å². The fraction of sp³-hybridized carbons (Fsp3) is 0.600. The fourth-order valence-corrected chi connectivity index (χ4v) is 2.38. The Kier molecular flexibility index (Phi) is 4.05. The average molecular weight is 248 g/mol. The highest BCUT2D eigenvalue weighted by atomic mass is 16.5. The first kappa shape index (κ1) is 13.5. The molecule has 100 valence electrons. The van der Waals surface area contributed by atoms with Crippen LogP contribution in [0.25, 0.3) is 0 Å². The molecular weight excluding hydrogens is 224 g/mol. The molecule has 1 aromatic rings. The summed E-state index contributed by atoms with van der Waals surface area (Å²) >= 11 is 0. The SMILES string of the molecule is CC(C)(C)OCC(NN)C1CC1c1ccccc1. The van der Waals surface area contributed by atoms with Gasteiger partial charge in [0.25, 0.3) is 0 Å². The molecule has 0 saturated heterocycles. The number of nitrogens with one attached hydrogen (secondary N) is 1. The summed E-state index contributed by atoms with van der Waals surface area (Å²) in [6.07, 6.45) is 1.20. The highest BCUT2D eigenvalue weighted by molar-refractivity contribution is 5.26. The zero-order valence-electron chi connectivity index (χ0n) is 11.5. The molecule has 2 rings (SSSR count). The van der Waals surface area contributed by atoms with Gasteiger partial charge >= 0.3 is 0 Å². The van der Waals surface area contributed by atoms with Crippen LogP contribution in [-0.2, 0) is 4.74 Å². The Morgan fingerprint density at radius 3 is 2.56 bits per heavy atom. The third-order valence-corrected chi connectivity index (χ3v) is 3.49. The fourth-order valence-electron chi connectivity index (χ4n) is 2.38. The quantitative estimate of drug-likeness (QED) is 0.621. The van der Waals surface area contributed by atoms with Crippen molar-refractivity contribution in [1.29, 1.82) is 0 Å². The van der Waals surface area contributed by atoms with Gasteiger partial charge in [-0.15, -0.1) is 0 Å². The van der Waals surface area contributed by atoms with E-state index in [1.165, 1.54) is 12.0 Å². The van der Waals surface area contributed by atoms with E-state index in [-0.39, 0.29) is 11.6 Å². The minimum atomic E-state index is -0.105. The summed E-state index contributed by atoms with van der Waals surface area (Å²) in [6, 6.07) is 10.9. The van der Waals surface area contributed by atoms with Gasteiger partial charge in [0.1, 0.15) is 0 Å². The zero-order valence-corrected chi connectivity index (χ0v) is 11.5. The Balaban J connectivity index is 1.88. The van der Waals surface area contributed by atoms with Gasteiger partial charge in [0, 0.05) is 6.04 Å². The first-order chi connectivity index (χ1) is 8.51. The minimum Gasteiger partial charge on any atom is -0.374 e. The van der Waals surface area contributed by atoms with Crippen LogP contribution in [0.15, 0.2) is 30.3 Å². The molecule has 0 heterocycles. The van der Waals surface area contributed by atoms with Crippen LogP contribution >= 0.6 is 0 Å². The second-order valence-electron chi connectivity index (χ2n) is 6.11. The number of hydrazine groups is 1. The van der Waals surface area contributed by atoms with Crippen molar-refractivity contribution in [3.05, 3.63) is 35.9 Å². The van der Waals surface area contributed by atoms with Gasteiger partial charge in [0.05, 0.1) is 12.2 Å². The number of nitrogens with two attached hydrogens (primary N) is 1. The molecule has 0 bridgehead atoms. The van der Waals surface area contributed by atoms with Gasteiger partial charge < -0.3 is 4.74 Å². The van der Waals surface area contributed by atoms with Gasteiger partial charge in [0.2, 0.25) is 0 Å². The standard InChI is InChI=1S/C15H24N2O/c1-15(2,3)18-10-14(17-16)13-9-12(13)11-7-5-4-6-8-11/h4-8,12-14,17H,9-10,16H2,1-3H3. The van der Waals surface area contributed by atoms with Crippen molar-refractivity contribution in [2.45, 2.75) is 44.8 Å². The number of rotatable bonds is 5. The van der Waals surface area contributed by atoms with E-state index in [4.69, 9.17) is 10.6 Å². The molecule has 3 N–H and O–H groups in total. The Morgan fingerprint density at radius 1 is 1.33 bits per heavy atom.